The predicted octanol–water partition coefficient (Wildman–Crippen LogP) is 3.30. The molecular weight excluding hydrogens is 294 g/mol. The molecule has 2 rings (SSSR count). The quantitative estimate of drug-likeness (QED) is 0.782. The summed E-state index contributed by atoms with van der Waals surface area (Å²) < 4.78 is 0.798. The molecule has 3 N–H and O–H groups in total. The van der Waals surface area contributed by atoms with Gasteiger partial charge in [-0.15, -0.1) is 0 Å². The normalized spacial score (nSPS) is 19.7. The first kappa shape index (κ1) is 13.2. The molecule has 0 saturated carbocycles. The highest BCUT2D eigenvalue weighted by molar-refractivity contribution is 9.10. The molecule has 0 aliphatic carbocycles. The standard InChI is InChI=1S/C13H18BrN3O/c1-9-3-2-6-17(8-9)13(18)16-10-4-5-12(15)11(14)7-10/h4-5,7,9H,2-3,6,8,15H2,1H3,(H,16,18). The van der Waals surface area contributed by atoms with Crippen LogP contribution in [0.4, 0.5) is 16.2 Å². The van der Waals surface area contributed by atoms with E-state index in [1.807, 2.05) is 17.0 Å². The molecule has 1 aliphatic rings. The van der Waals surface area contributed by atoms with Gasteiger partial charge in [-0.05, 0) is 52.9 Å². The van der Waals surface area contributed by atoms with Crippen LogP contribution in [0, 0.1) is 5.92 Å². The molecule has 0 bridgehead atoms. The van der Waals surface area contributed by atoms with E-state index in [2.05, 4.69) is 28.2 Å². The Morgan fingerprint density at radius 2 is 2.33 bits per heavy atom. The first-order valence-electron chi connectivity index (χ1n) is 6.17. The van der Waals surface area contributed by atoms with Crippen molar-refractivity contribution in [3.63, 3.8) is 0 Å². The molecule has 0 aromatic heterocycles. The summed E-state index contributed by atoms with van der Waals surface area (Å²) in [7, 11) is 0. The minimum Gasteiger partial charge on any atom is -0.398 e. The average molecular weight is 312 g/mol. The molecule has 1 unspecified atom stereocenters. The van der Waals surface area contributed by atoms with Crippen molar-refractivity contribution in [1.82, 2.24) is 4.90 Å². The second-order valence-electron chi connectivity index (χ2n) is 4.86. The summed E-state index contributed by atoms with van der Waals surface area (Å²) in [5.41, 5.74) is 7.14. The van der Waals surface area contributed by atoms with Crippen LogP contribution in [-0.2, 0) is 0 Å². The maximum atomic E-state index is 12.1. The number of likely N-dealkylation sites (tertiary alicyclic amines) is 1. The fourth-order valence-corrected chi connectivity index (χ4v) is 2.56. The maximum Gasteiger partial charge on any atom is 0.321 e. The van der Waals surface area contributed by atoms with E-state index in [9.17, 15) is 4.79 Å². The lowest BCUT2D eigenvalue weighted by molar-refractivity contribution is 0.182. The topological polar surface area (TPSA) is 58.4 Å². The molecule has 1 saturated heterocycles. The SMILES string of the molecule is CC1CCCN(C(=O)Nc2ccc(N)c(Br)c2)C1. The Balaban J connectivity index is 2.00. The van der Waals surface area contributed by atoms with Crippen LogP contribution in [0.1, 0.15) is 19.8 Å². The molecule has 1 atom stereocenters. The third-order valence-corrected chi connectivity index (χ3v) is 3.88. The van der Waals surface area contributed by atoms with Crippen molar-refractivity contribution in [3.05, 3.63) is 22.7 Å². The number of nitrogens with zero attached hydrogens (tertiary/aromatic N) is 1. The van der Waals surface area contributed by atoms with Gasteiger partial charge in [-0.25, -0.2) is 4.79 Å². The Morgan fingerprint density at radius 3 is 3.00 bits per heavy atom. The van der Waals surface area contributed by atoms with E-state index in [0.717, 1.165) is 29.7 Å². The van der Waals surface area contributed by atoms with Gasteiger partial charge in [0.1, 0.15) is 0 Å². The molecule has 4 nitrogen and oxygen atoms in total. The summed E-state index contributed by atoms with van der Waals surface area (Å²) in [6.45, 7) is 3.85. The first-order chi connectivity index (χ1) is 8.56. The number of carbonyl (C=O) groups excluding carboxylic acids is 1. The van der Waals surface area contributed by atoms with Crippen molar-refractivity contribution < 1.29 is 4.79 Å². The Bertz CT molecular complexity index is 450. The second kappa shape index (κ2) is 5.61. The highest BCUT2D eigenvalue weighted by Gasteiger charge is 2.20. The van der Waals surface area contributed by atoms with Crippen LogP contribution in [0.5, 0.6) is 0 Å². The van der Waals surface area contributed by atoms with E-state index < -0.39 is 0 Å². The first-order valence-corrected chi connectivity index (χ1v) is 6.96. The number of rotatable bonds is 1. The monoisotopic (exact) mass is 311 g/mol. The third kappa shape index (κ3) is 3.16. The van der Waals surface area contributed by atoms with Gasteiger partial charge in [0, 0.05) is 28.9 Å². The van der Waals surface area contributed by atoms with Gasteiger partial charge in [0.2, 0.25) is 0 Å². The number of nitrogens with two attached hydrogens (primary N) is 1. The smallest absolute Gasteiger partial charge is 0.321 e. The Kier molecular flexibility index (Phi) is 4.11. The number of halogens is 1. The number of carbonyl (C=O) groups is 1. The molecule has 1 heterocycles. The van der Waals surface area contributed by atoms with Crippen molar-refractivity contribution in [2.24, 2.45) is 5.92 Å². The number of hydrogen-bond donors (Lipinski definition) is 2. The van der Waals surface area contributed by atoms with E-state index in [4.69, 9.17) is 5.73 Å². The second-order valence-corrected chi connectivity index (χ2v) is 5.71. The van der Waals surface area contributed by atoms with Crippen LogP contribution >= 0.6 is 15.9 Å². The number of nitrogens with one attached hydrogen (secondary N) is 1. The third-order valence-electron chi connectivity index (χ3n) is 3.20. The largest absolute Gasteiger partial charge is 0.398 e. The van der Waals surface area contributed by atoms with Crippen LogP contribution in [0.2, 0.25) is 0 Å². The van der Waals surface area contributed by atoms with E-state index in [-0.39, 0.29) is 6.03 Å². The van der Waals surface area contributed by atoms with E-state index >= 15 is 0 Å². The van der Waals surface area contributed by atoms with Gasteiger partial charge in [0.15, 0.2) is 0 Å². The van der Waals surface area contributed by atoms with Gasteiger partial charge in [-0.3, -0.25) is 0 Å². The summed E-state index contributed by atoms with van der Waals surface area (Å²) in [4.78, 5) is 14.0. The fraction of sp³-hybridized carbons (Fsp3) is 0.462. The molecule has 1 fully saturated rings. The minimum absolute atomic E-state index is 0.0294. The molecule has 98 valence electrons. The molecule has 0 spiro atoms. The summed E-state index contributed by atoms with van der Waals surface area (Å²) >= 11 is 3.35. The van der Waals surface area contributed by atoms with Crippen molar-refractivity contribution >= 4 is 33.3 Å². The lowest BCUT2D eigenvalue weighted by Crippen LogP contribution is -2.41. The lowest BCUT2D eigenvalue weighted by Gasteiger charge is -2.30. The Hall–Kier alpha value is -1.23. The lowest BCUT2D eigenvalue weighted by atomic mass is 10.0. The number of anilines is 2. The Labute approximate surface area is 116 Å². The van der Waals surface area contributed by atoms with Crippen LogP contribution in [-0.4, -0.2) is 24.0 Å². The van der Waals surface area contributed by atoms with Crippen LogP contribution in [0.25, 0.3) is 0 Å². The zero-order valence-corrected chi connectivity index (χ0v) is 12.0. The summed E-state index contributed by atoms with van der Waals surface area (Å²) in [5, 5.41) is 2.90. The summed E-state index contributed by atoms with van der Waals surface area (Å²) in [6.07, 6.45) is 2.29. The average Bonchev–Trinajstić information content (AvgIpc) is 2.34. The molecule has 1 aromatic carbocycles. The molecule has 1 aliphatic heterocycles. The predicted molar refractivity (Wildman–Crippen MR) is 77.5 cm³/mol. The molecule has 5 heteroatoms. The van der Waals surface area contributed by atoms with E-state index in [1.54, 1.807) is 6.07 Å². The molecule has 2 amide bonds. The number of amides is 2. The highest BCUT2D eigenvalue weighted by atomic mass is 79.9. The van der Waals surface area contributed by atoms with Gasteiger partial charge >= 0.3 is 6.03 Å². The molecule has 18 heavy (non-hydrogen) atoms. The maximum absolute atomic E-state index is 12.1. The highest BCUT2D eigenvalue weighted by Crippen LogP contribution is 2.24. The van der Waals surface area contributed by atoms with Gasteiger partial charge < -0.3 is 16.0 Å². The summed E-state index contributed by atoms with van der Waals surface area (Å²) in [5.74, 6) is 0.586. The van der Waals surface area contributed by atoms with Crippen LogP contribution in [0.15, 0.2) is 22.7 Å². The minimum atomic E-state index is -0.0294. The van der Waals surface area contributed by atoms with Crippen molar-refractivity contribution in [2.75, 3.05) is 24.1 Å². The van der Waals surface area contributed by atoms with E-state index in [1.165, 1.54) is 6.42 Å². The molecule has 1 aromatic rings. The van der Waals surface area contributed by atoms with Crippen molar-refractivity contribution in [2.45, 2.75) is 19.8 Å². The molecular formula is C13H18BrN3O. The van der Waals surface area contributed by atoms with Crippen LogP contribution in [0.3, 0.4) is 0 Å². The van der Waals surface area contributed by atoms with Crippen molar-refractivity contribution in [1.29, 1.82) is 0 Å². The fourth-order valence-electron chi connectivity index (χ4n) is 2.18. The number of hydrogen-bond acceptors (Lipinski definition) is 2. The zero-order chi connectivity index (χ0) is 13.1. The van der Waals surface area contributed by atoms with Gasteiger partial charge in [-0.2, -0.15) is 0 Å². The van der Waals surface area contributed by atoms with Gasteiger partial charge in [-0.1, -0.05) is 6.92 Å². The number of piperidine rings is 1. The number of benzene rings is 1. The van der Waals surface area contributed by atoms with Crippen molar-refractivity contribution in [3.8, 4) is 0 Å². The van der Waals surface area contributed by atoms with Crippen LogP contribution < -0.4 is 11.1 Å². The van der Waals surface area contributed by atoms with Gasteiger partial charge in [0.25, 0.3) is 0 Å². The van der Waals surface area contributed by atoms with Gasteiger partial charge in [0.05, 0.1) is 0 Å². The zero-order valence-electron chi connectivity index (χ0n) is 10.4. The Morgan fingerprint density at radius 1 is 1.56 bits per heavy atom. The number of nitrogen functional groups attached to an aromatic ring is 1. The summed E-state index contributed by atoms with van der Waals surface area (Å²) in [6, 6.07) is 5.38. The molecule has 0 radical (unpaired) electrons. The number of urea groups is 1. The van der Waals surface area contributed by atoms with E-state index in [0.29, 0.717) is 11.6 Å².